The van der Waals surface area contributed by atoms with Crippen LogP contribution in [0, 0.1) is 0 Å². The van der Waals surface area contributed by atoms with Gasteiger partial charge in [-0.2, -0.15) is 13.2 Å². The summed E-state index contributed by atoms with van der Waals surface area (Å²) < 4.78 is 44.0. The second-order valence-electron chi connectivity index (χ2n) is 7.76. The highest BCUT2D eigenvalue weighted by Gasteiger charge is 2.32. The Hall–Kier alpha value is -3.34. The number of ether oxygens (including phenoxy) is 1. The highest BCUT2D eigenvalue weighted by molar-refractivity contribution is 5.89. The van der Waals surface area contributed by atoms with Crippen molar-refractivity contribution in [3.8, 4) is 5.88 Å². The lowest BCUT2D eigenvalue weighted by Gasteiger charge is -2.36. The van der Waals surface area contributed by atoms with E-state index in [9.17, 15) is 18.0 Å². The summed E-state index contributed by atoms with van der Waals surface area (Å²) in [7, 11) is 3.44. The third-order valence-electron chi connectivity index (χ3n) is 5.55. The summed E-state index contributed by atoms with van der Waals surface area (Å²) in [6, 6.07) is 6.15. The SMILES string of the molecule is COc1ccc(NC(=O)NC2CCN(C)C(c3nc4ccc(C(F)(F)F)cc4[nH]3)C2)cn1. The van der Waals surface area contributed by atoms with Crippen molar-refractivity contribution in [3.63, 3.8) is 0 Å². The summed E-state index contributed by atoms with van der Waals surface area (Å²) >= 11 is 0. The number of imidazole rings is 1. The van der Waals surface area contributed by atoms with Crippen LogP contribution in [0.5, 0.6) is 5.88 Å². The number of hydrogen-bond donors (Lipinski definition) is 3. The number of hydrogen-bond acceptors (Lipinski definition) is 5. The Labute approximate surface area is 182 Å². The van der Waals surface area contributed by atoms with Crippen LogP contribution < -0.4 is 15.4 Å². The summed E-state index contributed by atoms with van der Waals surface area (Å²) in [4.78, 5) is 26.1. The molecule has 1 aliphatic rings. The van der Waals surface area contributed by atoms with Crippen LogP contribution in [0.25, 0.3) is 11.0 Å². The fourth-order valence-electron chi connectivity index (χ4n) is 3.83. The fraction of sp³-hybridized carbons (Fsp3) is 0.381. The number of urea groups is 1. The van der Waals surface area contributed by atoms with Gasteiger partial charge in [0.05, 0.1) is 41.6 Å². The van der Waals surface area contributed by atoms with Crippen LogP contribution in [0.15, 0.2) is 36.5 Å². The van der Waals surface area contributed by atoms with Crippen molar-refractivity contribution in [3.05, 3.63) is 47.9 Å². The maximum atomic E-state index is 13.0. The first-order chi connectivity index (χ1) is 15.2. The molecule has 1 saturated heterocycles. The van der Waals surface area contributed by atoms with Gasteiger partial charge in [-0.3, -0.25) is 4.90 Å². The number of pyridine rings is 1. The van der Waals surface area contributed by atoms with Crippen molar-refractivity contribution < 1.29 is 22.7 Å². The van der Waals surface area contributed by atoms with Crippen molar-refractivity contribution >= 4 is 22.8 Å². The molecule has 2 unspecified atom stereocenters. The summed E-state index contributed by atoms with van der Waals surface area (Å²) in [5.74, 6) is 1.02. The zero-order valence-electron chi connectivity index (χ0n) is 17.5. The van der Waals surface area contributed by atoms with E-state index in [1.54, 1.807) is 12.1 Å². The lowest BCUT2D eigenvalue weighted by atomic mass is 9.97. The molecule has 1 aromatic carbocycles. The van der Waals surface area contributed by atoms with E-state index in [4.69, 9.17) is 4.74 Å². The minimum atomic E-state index is -4.41. The Balaban J connectivity index is 1.44. The Kier molecular flexibility index (Phi) is 5.92. The standard InChI is InChI=1S/C21H23F3N6O2/c1-30-8-7-13(26-20(31)27-14-4-6-18(32-2)25-11-14)10-17(30)19-28-15-5-3-12(21(22,23)24)9-16(15)29-19/h3-6,9,11,13,17H,7-8,10H2,1-2H3,(H,28,29)(H2,26,27,31). The van der Waals surface area contributed by atoms with Crippen LogP contribution in [0.3, 0.4) is 0 Å². The number of aromatic nitrogens is 3. The second-order valence-corrected chi connectivity index (χ2v) is 7.76. The number of anilines is 1. The smallest absolute Gasteiger partial charge is 0.416 e. The van der Waals surface area contributed by atoms with E-state index >= 15 is 0 Å². The maximum absolute atomic E-state index is 13.0. The average Bonchev–Trinajstić information content (AvgIpc) is 3.18. The third-order valence-corrected chi connectivity index (χ3v) is 5.55. The van der Waals surface area contributed by atoms with Gasteiger partial charge in [0.1, 0.15) is 5.82 Å². The molecule has 0 saturated carbocycles. The molecule has 3 N–H and O–H groups in total. The molecule has 8 nitrogen and oxygen atoms in total. The number of rotatable bonds is 4. The molecule has 0 spiro atoms. The second kappa shape index (κ2) is 8.65. The summed E-state index contributed by atoms with van der Waals surface area (Å²) in [5.41, 5.74) is 0.622. The molecule has 0 radical (unpaired) electrons. The van der Waals surface area contributed by atoms with E-state index in [-0.39, 0.29) is 18.1 Å². The zero-order chi connectivity index (χ0) is 22.9. The van der Waals surface area contributed by atoms with Gasteiger partial charge in [0, 0.05) is 18.7 Å². The van der Waals surface area contributed by atoms with Gasteiger partial charge < -0.3 is 20.4 Å². The molecule has 0 bridgehead atoms. The first-order valence-corrected chi connectivity index (χ1v) is 10.1. The van der Waals surface area contributed by atoms with Crippen molar-refractivity contribution in [1.29, 1.82) is 0 Å². The largest absolute Gasteiger partial charge is 0.481 e. The van der Waals surface area contributed by atoms with E-state index in [0.717, 1.165) is 18.6 Å². The molecular formula is C21H23F3N6O2. The Bertz CT molecular complexity index is 1100. The minimum absolute atomic E-state index is 0.124. The van der Waals surface area contributed by atoms with E-state index in [1.807, 2.05) is 7.05 Å². The van der Waals surface area contributed by atoms with Crippen LogP contribution >= 0.6 is 0 Å². The molecule has 11 heteroatoms. The predicted octanol–water partition coefficient (Wildman–Crippen LogP) is 3.94. The number of amides is 2. The van der Waals surface area contributed by atoms with Gasteiger partial charge in [0.2, 0.25) is 5.88 Å². The van der Waals surface area contributed by atoms with Crippen LogP contribution in [-0.4, -0.2) is 52.6 Å². The number of carbonyl (C=O) groups is 1. The monoisotopic (exact) mass is 448 g/mol. The molecule has 0 aliphatic carbocycles. The fourth-order valence-corrected chi connectivity index (χ4v) is 3.83. The molecule has 3 heterocycles. The molecule has 1 aliphatic heterocycles. The molecule has 2 amide bonds. The number of nitrogens with one attached hydrogen (secondary N) is 3. The summed E-state index contributed by atoms with van der Waals surface area (Å²) in [5, 5.41) is 5.69. The van der Waals surface area contributed by atoms with Gasteiger partial charge in [0.15, 0.2) is 0 Å². The van der Waals surface area contributed by atoms with Crippen LogP contribution in [-0.2, 0) is 6.18 Å². The number of fused-ring (bicyclic) bond motifs is 1. The highest BCUT2D eigenvalue weighted by Crippen LogP contribution is 2.33. The molecule has 4 rings (SSSR count). The topological polar surface area (TPSA) is 95.2 Å². The lowest BCUT2D eigenvalue weighted by molar-refractivity contribution is -0.137. The predicted molar refractivity (Wildman–Crippen MR) is 112 cm³/mol. The number of carbonyl (C=O) groups excluding carboxylic acids is 1. The Morgan fingerprint density at radius 2 is 2.09 bits per heavy atom. The molecule has 2 atom stereocenters. The van der Waals surface area contributed by atoms with Gasteiger partial charge in [0.25, 0.3) is 0 Å². The number of benzene rings is 1. The quantitative estimate of drug-likeness (QED) is 0.562. The number of piperidine rings is 1. The van der Waals surface area contributed by atoms with Gasteiger partial charge >= 0.3 is 12.2 Å². The van der Waals surface area contributed by atoms with Crippen LogP contribution in [0.1, 0.15) is 30.3 Å². The molecule has 32 heavy (non-hydrogen) atoms. The number of alkyl halides is 3. The molecule has 170 valence electrons. The van der Waals surface area contributed by atoms with Crippen LogP contribution in [0.4, 0.5) is 23.7 Å². The number of likely N-dealkylation sites (tertiary alicyclic amines) is 1. The highest BCUT2D eigenvalue weighted by atomic mass is 19.4. The number of halogens is 3. The van der Waals surface area contributed by atoms with Gasteiger partial charge in [-0.1, -0.05) is 0 Å². The minimum Gasteiger partial charge on any atom is -0.481 e. The van der Waals surface area contributed by atoms with Crippen LogP contribution in [0.2, 0.25) is 0 Å². The zero-order valence-corrected chi connectivity index (χ0v) is 17.5. The average molecular weight is 448 g/mol. The number of nitrogens with zero attached hydrogens (tertiary/aromatic N) is 3. The number of aromatic amines is 1. The first-order valence-electron chi connectivity index (χ1n) is 10.1. The molecule has 3 aromatic rings. The number of H-pyrrole nitrogens is 1. The van der Waals surface area contributed by atoms with E-state index in [1.165, 1.54) is 19.4 Å². The van der Waals surface area contributed by atoms with E-state index < -0.39 is 11.7 Å². The van der Waals surface area contributed by atoms with Crippen molar-refractivity contribution in [2.45, 2.75) is 31.1 Å². The van der Waals surface area contributed by atoms with Gasteiger partial charge in [-0.05, 0) is 44.2 Å². The normalized spacial score (nSPS) is 19.7. The van der Waals surface area contributed by atoms with Gasteiger partial charge in [-0.15, -0.1) is 0 Å². The first kappa shape index (κ1) is 21.9. The summed E-state index contributed by atoms with van der Waals surface area (Å²) in [6.07, 6.45) is -1.61. The number of methoxy groups -OCH3 is 1. The Morgan fingerprint density at radius 1 is 1.28 bits per heavy atom. The van der Waals surface area contributed by atoms with Crippen molar-refractivity contribution in [2.75, 3.05) is 26.0 Å². The lowest BCUT2D eigenvalue weighted by Crippen LogP contribution is -2.46. The van der Waals surface area contributed by atoms with Gasteiger partial charge in [-0.25, -0.2) is 14.8 Å². The summed E-state index contributed by atoms with van der Waals surface area (Å²) in [6.45, 7) is 0.699. The molecule has 2 aromatic heterocycles. The Morgan fingerprint density at radius 3 is 2.78 bits per heavy atom. The van der Waals surface area contributed by atoms with Crippen molar-refractivity contribution in [1.82, 2.24) is 25.2 Å². The molecular weight excluding hydrogens is 425 g/mol. The molecule has 1 fully saturated rings. The van der Waals surface area contributed by atoms with E-state index in [2.05, 4.69) is 30.5 Å². The maximum Gasteiger partial charge on any atom is 0.416 e. The van der Waals surface area contributed by atoms with Crippen molar-refractivity contribution in [2.24, 2.45) is 0 Å². The van der Waals surface area contributed by atoms with E-state index in [0.29, 0.717) is 41.4 Å². The third kappa shape index (κ3) is 4.77.